The van der Waals surface area contributed by atoms with Gasteiger partial charge in [-0.05, 0) is 11.1 Å². The standard InChI is InChI=1S/C18H18N4O4/c23-15(13-7-3-1-4-8-13)17(25)21-19-11-12-20-22-18(26)16(24)14-9-5-2-6-10-14/h1-12,15-16,23-24H,(H,21,25)(H,22,26)/b19-11-,20-12-. The topological polar surface area (TPSA) is 123 Å². The van der Waals surface area contributed by atoms with Crippen molar-refractivity contribution in [2.75, 3.05) is 0 Å². The van der Waals surface area contributed by atoms with E-state index in [2.05, 4.69) is 21.1 Å². The number of nitrogens with zero attached hydrogens (tertiary/aromatic N) is 2. The Kier molecular flexibility index (Phi) is 7.17. The highest BCUT2D eigenvalue weighted by atomic mass is 16.3. The lowest BCUT2D eigenvalue weighted by Crippen LogP contribution is -2.26. The second-order valence-electron chi connectivity index (χ2n) is 5.13. The molecule has 2 aromatic carbocycles. The van der Waals surface area contributed by atoms with Crippen LogP contribution in [-0.2, 0) is 9.59 Å². The summed E-state index contributed by atoms with van der Waals surface area (Å²) in [7, 11) is 0. The van der Waals surface area contributed by atoms with Crippen LogP contribution in [-0.4, -0.2) is 34.5 Å². The molecular formula is C18H18N4O4. The highest BCUT2D eigenvalue weighted by Crippen LogP contribution is 2.12. The first-order valence-electron chi connectivity index (χ1n) is 7.70. The molecule has 4 N–H and O–H groups in total. The number of hydrazone groups is 2. The van der Waals surface area contributed by atoms with Gasteiger partial charge in [0.1, 0.15) is 0 Å². The molecule has 0 aromatic heterocycles. The third kappa shape index (κ3) is 5.62. The molecule has 0 saturated carbocycles. The molecule has 2 atom stereocenters. The number of hydrogen-bond acceptors (Lipinski definition) is 6. The molecule has 2 aromatic rings. The molecule has 2 unspecified atom stereocenters. The van der Waals surface area contributed by atoms with Crippen molar-refractivity contribution in [2.24, 2.45) is 10.2 Å². The summed E-state index contributed by atoms with van der Waals surface area (Å²) >= 11 is 0. The molecule has 0 aliphatic heterocycles. The van der Waals surface area contributed by atoms with Gasteiger partial charge in [0.15, 0.2) is 12.2 Å². The summed E-state index contributed by atoms with van der Waals surface area (Å²) in [5.41, 5.74) is 5.17. The van der Waals surface area contributed by atoms with E-state index in [0.29, 0.717) is 11.1 Å². The molecule has 2 rings (SSSR count). The Morgan fingerprint density at radius 3 is 1.42 bits per heavy atom. The Labute approximate surface area is 149 Å². The molecule has 0 aliphatic carbocycles. The summed E-state index contributed by atoms with van der Waals surface area (Å²) in [6.45, 7) is 0. The van der Waals surface area contributed by atoms with Crippen LogP contribution in [0.4, 0.5) is 0 Å². The summed E-state index contributed by atoms with van der Waals surface area (Å²) in [6, 6.07) is 16.8. The van der Waals surface area contributed by atoms with Gasteiger partial charge in [-0.1, -0.05) is 60.7 Å². The largest absolute Gasteiger partial charge is 0.378 e. The zero-order valence-electron chi connectivity index (χ0n) is 13.7. The molecule has 0 heterocycles. The number of hydrogen-bond donors (Lipinski definition) is 4. The molecular weight excluding hydrogens is 336 g/mol. The van der Waals surface area contributed by atoms with Crippen molar-refractivity contribution >= 4 is 24.2 Å². The molecule has 0 spiro atoms. The molecule has 0 bridgehead atoms. The van der Waals surface area contributed by atoms with Gasteiger partial charge in [-0.3, -0.25) is 9.59 Å². The van der Waals surface area contributed by atoms with Crippen LogP contribution in [0.15, 0.2) is 70.9 Å². The number of aliphatic hydroxyl groups excluding tert-OH is 2. The fraction of sp³-hybridized carbons (Fsp3) is 0.111. The highest BCUT2D eigenvalue weighted by Gasteiger charge is 2.16. The van der Waals surface area contributed by atoms with Crippen molar-refractivity contribution in [2.45, 2.75) is 12.2 Å². The number of aliphatic hydroxyl groups is 2. The second-order valence-corrected chi connectivity index (χ2v) is 5.13. The van der Waals surface area contributed by atoms with Gasteiger partial charge in [-0.15, -0.1) is 0 Å². The van der Waals surface area contributed by atoms with E-state index in [4.69, 9.17) is 0 Å². The van der Waals surface area contributed by atoms with Crippen molar-refractivity contribution in [1.29, 1.82) is 0 Å². The van der Waals surface area contributed by atoms with Gasteiger partial charge in [-0.2, -0.15) is 10.2 Å². The lowest BCUT2D eigenvalue weighted by atomic mass is 10.1. The van der Waals surface area contributed by atoms with Crippen LogP contribution in [0.3, 0.4) is 0 Å². The van der Waals surface area contributed by atoms with Gasteiger partial charge in [0.2, 0.25) is 0 Å². The fourth-order valence-electron chi connectivity index (χ4n) is 1.96. The first kappa shape index (κ1) is 19.0. The van der Waals surface area contributed by atoms with Crippen molar-refractivity contribution < 1.29 is 19.8 Å². The summed E-state index contributed by atoms with van der Waals surface area (Å²) in [5, 5.41) is 26.8. The van der Waals surface area contributed by atoms with Crippen molar-refractivity contribution in [1.82, 2.24) is 10.9 Å². The molecule has 8 heteroatoms. The number of carbonyl (C=O) groups is 2. The molecule has 0 saturated heterocycles. The summed E-state index contributed by atoms with van der Waals surface area (Å²) in [5.74, 6) is -1.41. The predicted octanol–water partition coefficient (Wildman–Crippen LogP) is 0.658. The third-order valence-electron chi connectivity index (χ3n) is 3.29. The Balaban J connectivity index is 1.76. The maximum Gasteiger partial charge on any atom is 0.273 e. The highest BCUT2D eigenvalue weighted by molar-refractivity contribution is 6.16. The maximum atomic E-state index is 11.7. The minimum atomic E-state index is -1.34. The second kappa shape index (κ2) is 9.82. The van der Waals surface area contributed by atoms with E-state index < -0.39 is 24.0 Å². The van der Waals surface area contributed by atoms with Crippen LogP contribution in [0.5, 0.6) is 0 Å². The van der Waals surface area contributed by atoms with Gasteiger partial charge in [0.05, 0.1) is 12.4 Å². The Hall–Kier alpha value is -3.36. The van der Waals surface area contributed by atoms with Gasteiger partial charge in [-0.25, -0.2) is 10.9 Å². The Morgan fingerprint density at radius 1 is 0.731 bits per heavy atom. The molecule has 26 heavy (non-hydrogen) atoms. The number of nitrogens with one attached hydrogen (secondary N) is 2. The molecule has 0 radical (unpaired) electrons. The normalized spacial score (nSPS) is 13.5. The van der Waals surface area contributed by atoms with Crippen LogP contribution in [0.1, 0.15) is 23.3 Å². The zero-order valence-corrected chi connectivity index (χ0v) is 13.7. The Morgan fingerprint density at radius 2 is 1.08 bits per heavy atom. The molecule has 8 nitrogen and oxygen atoms in total. The lowest BCUT2D eigenvalue weighted by molar-refractivity contribution is -0.130. The van der Waals surface area contributed by atoms with E-state index in [-0.39, 0.29) is 0 Å². The van der Waals surface area contributed by atoms with Gasteiger partial charge >= 0.3 is 0 Å². The predicted molar refractivity (Wildman–Crippen MR) is 96.1 cm³/mol. The van der Waals surface area contributed by atoms with Crippen molar-refractivity contribution in [3.8, 4) is 0 Å². The van der Waals surface area contributed by atoms with E-state index >= 15 is 0 Å². The average Bonchev–Trinajstić information content (AvgIpc) is 2.70. The first-order chi connectivity index (χ1) is 12.6. The zero-order chi connectivity index (χ0) is 18.8. The van der Waals surface area contributed by atoms with E-state index in [1.807, 2.05) is 0 Å². The van der Waals surface area contributed by atoms with Crippen LogP contribution in [0.25, 0.3) is 0 Å². The lowest BCUT2D eigenvalue weighted by Gasteiger charge is -2.08. The summed E-state index contributed by atoms with van der Waals surface area (Å²) in [6.07, 6.45) is -0.452. The number of amides is 2. The smallest absolute Gasteiger partial charge is 0.273 e. The molecule has 0 fully saturated rings. The van der Waals surface area contributed by atoms with Crippen molar-refractivity contribution in [3.05, 3.63) is 71.8 Å². The number of carbonyl (C=O) groups excluding carboxylic acids is 2. The van der Waals surface area contributed by atoms with Gasteiger partial charge < -0.3 is 10.2 Å². The van der Waals surface area contributed by atoms with E-state index in [9.17, 15) is 19.8 Å². The third-order valence-corrected chi connectivity index (χ3v) is 3.29. The SMILES string of the molecule is O=C(N/N=C\C=N/NC(=O)C(O)c1ccccc1)C(O)c1ccccc1. The van der Waals surface area contributed by atoms with Gasteiger partial charge in [0.25, 0.3) is 11.8 Å². The number of benzene rings is 2. The molecule has 0 aliphatic rings. The summed E-state index contributed by atoms with van der Waals surface area (Å²) < 4.78 is 0. The fourth-order valence-corrected chi connectivity index (χ4v) is 1.96. The number of rotatable bonds is 7. The monoisotopic (exact) mass is 354 g/mol. The van der Waals surface area contributed by atoms with Crippen LogP contribution in [0, 0.1) is 0 Å². The van der Waals surface area contributed by atoms with E-state index in [1.165, 1.54) is 0 Å². The quantitative estimate of drug-likeness (QED) is 0.431. The summed E-state index contributed by atoms with van der Waals surface area (Å²) in [4.78, 5) is 23.4. The molecule has 2 amide bonds. The minimum Gasteiger partial charge on any atom is -0.378 e. The Bertz CT molecular complexity index is 711. The molecule has 134 valence electrons. The van der Waals surface area contributed by atoms with Crippen LogP contribution < -0.4 is 10.9 Å². The average molecular weight is 354 g/mol. The van der Waals surface area contributed by atoms with Gasteiger partial charge in [0, 0.05) is 0 Å². The van der Waals surface area contributed by atoms with Crippen LogP contribution >= 0.6 is 0 Å². The maximum absolute atomic E-state index is 11.7. The van der Waals surface area contributed by atoms with E-state index in [1.54, 1.807) is 60.7 Å². The van der Waals surface area contributed by atoms with E-state index in [0.717, 1.165) is 12.4 Å². The first-order valence-corrected chi connectivity index (χ1v) is 7.70. The van der Waals surface area contributed by atoms with Crippen molar-refractivity contribution in [3.63, 3.8) is 0 Å². The minimum absolute atomic E-state index is 0.441. The van der Waals surface area contributed by atoms with Crippen LogP contribution in [0.2, 0.25) is 0 Å².